The predicted octanol–water partition coefficient (Wildman–Crippen LogP) is 6.32. The summed E-state index contributed by atoms with van der Waals surface area (Å²) in [6.07, 6.45) is 0. The lowest BCUT2D eigenvalue weighted by atomic mass is 10.1. The fourth-order valence-corrected chi connectivity index (χ4v) is 3.15. The molecule has 160 valence electrons. The Morgan fingerprint density at radius 2 is 1.34 bits per heavy atom. The lowest BCUT2D eigenvalue weighted by molar-refractivity contribution is 0.102. The van der Waals surface area contributed by atoms with Crippen LogP contribution in [0.25, 0.3) is 0 Å². The van der Waals surface area contributed by atoms with E-state index in [1.165, 1.54) is 0 Å². The molecule has 0 bridgehead atoms. The van der Waals surface area contributed by atoms with Gasteiger partial charge in [0.15, 0.2) is 11.5 Å². The van der Waals surface area contributed by atoms with E-state index < -0.39 is 0 Å². The number of rotatable bonds is 8. The van der Waals surface area contributed by atoms with Gasteiger partial charge >= 0.3 is 0 Å². The zero-order valence-corrected chi connectivity index (χ0v) is 17.7. The van der Waals surface area contributed by atoms with Crippen molar-refractivity contribution in [1.82, 2.24) is 0 Å². The minimum Gasteiger partial charge on any atom is -0.493 e. The zero-order chi connectivity index (χ0) is 22.2. The second kappa shape index (κ2) is 10.2. The van der Waals surface area contributed by atoms with Crippen LogP contribution in [0.2, 0.25) is 0 Å². The van der Waals surface area contributed by atoms with Crippen molar-refractivity contribution in [3.8, 4) is 23.0 Å². The van der Waals surface area contributed by atoms with E-state index in [1.54, 1.807) is 43.5 Å². The summed E-state index contributed by atoms with van der Waals surface area (Å²) >= 11 is 0. The maximum Gasteiger partial charge on any atom is 0.259 e. The second-order valence-corrected chi connectivity index (χ2v) is 7.00. The SMILES string of the molecule is COc1ccccc1Oc1ccc(NC(=O)c2ccccc2OCc2ccccc2)cc1. The molecule has 0 aliphatic carbocycles. The first kappa shape index (κ1) is 21.0. The normalized spacial score (nSPS) is 10.3. The van der Waals surface area contributed by atoms with Crippen LogP contribution in [0.4, 0.5) is 5.69 Å². The van der Waals surface area contributed by atoms with Crippen molar-refractivity contribution < 1.29 is 19.0 Å². The monoisotopic (exact) mass is 425 g/mol. The van der Waals surface area contributed by atoms with Gasteiger partial charge in [-0.05, 0) is 54.1 Å². The summed E-state index contributed by atoms with van der Waals surface area (Å²) in [4.78, 5) is 12.9. The van der Waals surface area contributed by atoms with Crippen LogP contribution in [0.1, 0.15) is 15.9 Å². The number of hydrogen-bond acceptors (Lipinski definition) is 4. The molecule has 4 rings (SSSR count). The van der Waals surface area contributed by atoms with Crippen molar-refractivity contribution >= 4 is 11.6 Å². The number of methoxy groups -OCH3 is 1. The van der Waals surface area contributed by atoms with Crippen molar-refractivity contribution in [3.05, 3.63) is 114 Å². The van der Waals surface area contributed by atoms with Crippen LogP contribution in [0.3, 0.4) is 0 Å². The molecule has 0 radical (unpaired) electrons. The topological polar surface area (TPSA) is 56.8 Å². The number of anilines is 1. The van der Waals surface area contributed by atoms with Gasteiger partial charge in [0, 0.05) is 5.69 Å². The standard InChI is InChI=1S/C27H23NO4/c1-30-25-13-7-8-14-26(25)32-22-17-15-21(16-18-22)28-27(29)23-11-5-6-12-24(23)31-19-20-9-3-2-4-10-20/h2-18H,19H2,1H3,(H,28,29). The van der Waals surface area contributed by atoms with Crippen LogP contribution in [0.5, 0.6) is 23.0 Å². The highest BCUT2D eigenvalue weighted by Gasteiger charge is 2.13. The summed E-state index contributed by atoms with van der Waals surface area (Å²) in [5.74, 6) is 2.20. The Labute approximate surface area is 187 Å². The number of amides is 1. The van der Waals surface area contributed by atoms with Crippen LogP contribution < -0.4 is 19.5 Å². The Morgan fingerprint density at radius 1 is 0.719 bits per heavy atom. The van der Waals surface area contributed by atoms with Crippen molar-refractivity contribution in [1.29, 1.82) is 0 Å². The minimum absolute atomic E-state index is 0.243. The molecule has 5 nitrogen and oxygen atoms in total. The molecule has 1 amide bonds. The van der Waals surface area contributed by atoms with E-state index in [9.17, 15) is 4.79 Å². The lowest BCUT2D eigenvalue weighted by Crippen LogP contribution is -2.13. The fraction of sp³-hybridized carbons (Fsp3) is 0.0741. The number of hydrogen-bond donors (Lipinski definition) is 1. The van der Waals surface area contributed by atoms with E-state index in [0.29, 0.717) is 40.9 Å². The Hall–Kier alpha value is -4.25. The number of ether oxygens (including phenoxy) is 3. The van der Waals surface area contributed by atoms with Gasteiger partial charge in [-0.2, -0.15) is 0 Å². The van der Waals surface area contributed by atoms with Gasteiger partial charge in [0.1, 0.15) is 18.1 Å². The highest BCUT2D eigenvalue weighted by Crippen LogP contribution is 2.31. The third kappa shape index (κ3) is 5.26. The molecule has 4 aromatic carbocycles. The maximum absolute atomic E-state index is 12.9. The van der Waals surface area contributed by atoms with Gasteiger partial charge in [0.2, 0.25) is 0 Å². The highest BCUT2D eigenvalue weighted by atomic mass is 16.5. The van der Waals surface area contributed by atoms with Gasteiger partial charge < -0.3 is 19.5 Å². The summed E-state index contributed by atoms with van der Waals surface area (Å²) < 4.78 is 17.1. The van der Waals surface area contributed by atoms with Crippen LogP contribution in [0.15, 0.2) is 103 Å². The number of carbonyl (C=O) groups excluding carboxylic acids is 1. The Kier molecular flexibility index (Phi) is 6.68. The Balaban J connectivity index is 1.42. The molecule has 0 unspecified atom stereocenters. The molecule has 0 aliphatic heterocycles. The van der Waals surface area contributed by atoms with Crippen LogP contribution in [-0.4, -0.2) is 13.0 Å². The average molecular weight is 425 g/mol. The van der Waals surface area contributed by atoms with Crippen LogP contribution in [0, 0.1) is 0 Å². The van der Waals surface area contributed by atoms with Crippen molar-refractivity contribution in [3.63, 3.8) is 0 Å². The smallest absolute Gasteiger partial charge is 0.259 e. The first-order valence-electron chi connectivity index (χ1n) is 10.2. The fourth-order valence-electron chi connectivity index (χ4n) is 3.15. The number of benzene rings is 4. The molecule has 1 N–H and O–H groups in total. The summed E-state index contributed by atoms with van der Waals surface area (Å²) in [6.45, 7) is 0.389. The van der Waals surface area contributed by atoms with Gasteiger partial charge in [0.05, 0.1) is 12.7 Å². The maximum atomic E-state index is 12.9. The third-order valence-electron chi connectivity index (χ3n) is 4.78. The van der Waals surface area contributed by atoms with E-state index in [0.717, 1.165) is 5.56 Å². The molecule has 0 saturated carbocycles. The largest absolute Gasteiger partial charge is 0.493 e. The summed E-state index contributed by atoms with van der Waals surface area (Å²) in [5, 5.41) is 2.91. The summed E-state index contributed by atoms with van der Waals surface area (Å²) in [6, 6.07) is 31.6. The molecule has 0 atom stereocenters. The third-order valence-corrected chi connectivity index (χ3v) is 4.78. The van der Waals surface area contributed by atoms with Crippen molar-refractivity contribution in [2.24, 2.45) is 0 Å². The van der Waals surface area contributed by atoms with E-state index >= 15 is 0 Å². The van der Waals surface area contributed by atoms with Crippen molar-refractivity contribution in [2.75, 3.05) is 12.4 Å². The van der Waals surface area contributed by atoms with Gasteiger partial charge in [-0.15, -0.1) is 0 Å². The van der Waals surface area contributed by atoms with Crippen molar-refractivity contribution in [2.45, 2.75) is 6.61 Å². The molecule has 0 saturated heterocycles. The van der Waals surface area contributed by atoms with E-state index in [-0.39, 0.29) is 5.91 Å². The lowest BCUT2D eigenvalue weighted by Gasteiger charge is -2.13. The highest BCUT2D eigenvalue weighted by molar-refractivity contribution is 6.06. The van der Waals surface area contributed by atoms with E-state index in [4.69, 9.17) is 14.2 Å². The first-order chi connectivity index (χ1) is 15.7. The average Bonchev–Trinajstić information content (AvgIpc) is 2.85. The van der Waals surface area contributed by atoms with Crippen LogP contribution >= 0.6 is 0 Å². The molecule has 32 heavy (non-hydrogen) atoms. The molecule has 0 heterocycles. The Bertz CT molecular complexity index is 1170. The van der Waals surface area contributed by atoms with Gasteiger partial charge in [-0.1, -0.05) is 54.6 Å². The summed E-state index contributed by atoms with van der Waals surface area (Å²) in [5.41, 5.74) is 2.16. The number of carbonyl (C=O) groups is 1. The molecule has 0 fully saturated rings. The van der Waals surface area contributed by atoms with Gasteiger partial charge in [0.25, 0.3) is 5.91 Å². The quantitative estimate of drug-likeness (QED) is 0.359. The number of nitrogens with one attached hydrogen (secondary N) is 1. The van der Waals surface area contributed by atoms with Gasteiger partial charge in [-0.3, -0.25) is 4.79 Å². The predicted molar refractivity (Wildman–Crippen MR) is 125 cm³/mol. The molecule has 5 heteroatoms. The van der Waals surface area contributed by atoms with E-state index in [2.05, 4.69) is 5.32 Å². The number of para-hydroxylation sites is 3. The van der Waals surface area contributed by atoms with Gasteiger partial charge in [-0.25, -0.2) is 0 Å². The zero-order valence-electron chi connectivity index (χ0n) is 17.7. The second-order valence-electron chi connectivity index (χ2n) is 7.00. The molecule has 0 aliphatic rings. The van der Waals surface area contributed by atoms with Crippen LogP contribution in [-0.2, 0) is 6.61 Å². The van der Waals surface area contributed by atoms with E-state index in [1.807, 2.05) is 66.7 Å². The summed E-state index contributed by atoms with van der Waals surface area (Å²) in [7, 11) is 1.60. The molecular formula is C27H23NO4. The molecule has 0 aromatic heterocycles. The Morgan fingerprint density at radius 3 is 2.06 bits per heavy atom. The molecule has 4 aromatic rings. The molecule has 0 spiro atoms. The minimum atomic E-state index is -0.243. The first-order valence-corrected chi connectivity index (χ1v) is 10.2. The molecular weight excluding hydrogens is 402 g/mol.